The van der Waals surface area contributed by atoms with Gasteiger partial charge in [-0.2, -0.15) is 0 Å². The summed E-state index contributed by atoms with van der Waals surface area (Å²) >= 11 is 1.92. The number of esters is 2. The summed E-state index contributed by atoms with van der Waals surface area (Å²) in [5, 5.41) is 24.7. The van der Waals surface area contributed by atoms with E-state index in [2.05, 4.69) is 0 Å². The van der Waals surface area contributed by atoms with E-state index < -0.39 is 81.8 Å². The van der Waals surface area contributed by atoms with Crippen molar-refractivity contribution in [3.63, 3.8) is 0 Å². The van der Waals surface area contributed by atoms with Gasteiger partial charge in [-0.15, -0.1) is 0 Å². The number of carbonyl (C=O) groups is 4. The maximum Gasteiger partial charge on any atom is 0.509 e. The molecule has 2 N–H and O–H groups in total. The summed E-state index contributed by atoms with van der Waals surface area (Å²) in [6.07, 6.45) is -7.86. The Morgan fingerprint density at radius 2 is 1.74 bits per heavy atom. The number of ether oxygens (including phenoxy) is 5. The number of hydrogen-bond acceptors (Lipinski definition) is 13. The summed E-state index contributed by atoms with van der Waals surface area (Å²) in [7, 11) is 2.07. The van der Waals surface area contributed by atoms with E-state index in [4.69, 9.17) is 27.9 Å². The number of rotatable bonds is 6. The summed E-state index contributed by atoms with van der Waals surface area (Å²) < 4.78 is 35.3. The molecule has 252 valence electrons. The maximum atomic E-state index is 15.4. The second-order valence-electron chi connectivity index (χ2n) is 13.4. The fourth-order valence-corrected chi connectivity index (χ4v) is 9.64. The van der Waals surface area contributed by atoms with Crippen LogP contribution in [0.2, 0.25) is 0 Å². The van der Waals surface area contributed by atoms with Gasteiger partial charge in [-0.05, 0) is 37.1 Å². The summed E-state index contributed by atoms with van der Waals surface area (Å²) in [6, 6.07) is 8.15. The number of hydrogen-bond donors (Lipinski definition) is 2. The van der Waals surface area contributed by atoms with Crippen molar-refractivity contribution in [3.05, 3.63) is 47.0 Å². The van der Waals surface area contributed by atoms with Crippen LogP contribution in [0.4, 0.5) is 4.79 Å². The Balaban J connectivity index is 1.91. The normalized spacial score (nSPS) is 39.4. The number of fused-ring (bicyclic) bond motifs is 5. The highest BCUT2D eigenvalue weighted by molar-refractivity contribution is 14.2. The van der Waals surface area contributed by atoms with Crippen molar-refractivity contribution in [2.75, 3.05) is 13.7 Å². The number of carbonyl (C=O) groups excluding carboxylic acids is 4. The predicted molar refractivity (Wildman–Crippen MR) is 172 cm³/mol. The molecule has 9 atom stereocenters. The van der Waals surface area contributed by atoms with E-state index in [0.717, 1.165) is 16.3 Å². The Labute approximate surface area is 283 Å². The molecule has 1 saturated heterocycles. The average Bonchev–Trinajstić information content (AvgIpc) is 3.00. The number of Topliss-reactive ketones (excluding diaryl/α,β-unsaturated/α-hetero) is 1. The van der Waals surface area contributed by atoms with Gasteiger partial charge in [0.2, 0.25) is 0 Å². The largest absolute Gasteiger partial charge is 0.509 e. The van der Waals surface area contributed by atoms with Gasteiger partial charge in [-0.3, -0.25) is 9.59 Å². The molecule has 3 fully saturated rings. The van der Waals surface area contributed by atoms with Gasteiger partial charge < -0.3 is 38.1 Å². The van der Waals surface area contributed by atoms with Gasteiger partial charge in [-0.1, -0.05) is 39.0 Å². The Morgan fingerprint density at radius 1 is 1.09 bits per heavy atom. The van der Waals surface area contributed by atoms with Gasteiger partial charge in [0.15, 0.2) is 17.5 Å². The predicted octanol–water partition coefficient (Wildman–Crippen LogP) is 4.29. The highest BCUT2D eigenvalue weighted by atomic mass is 127. The fourth-order valence-electron chi connectivity index (χ4n) is 8.53. The molecule has 0 aromatic heterocycles. The molecule has 3 aliphatic carbocycles. The first-order valence-corrected chi connectivity index (χ1v) is 18.2. The van der Waals surface area contributed by atoms with Crippen LogP contribution < -0.4 is 0 Å². The molecule has 4 aliphatic rings. The molecular weight excluding hydrogens is 735 g/mol. The third-order valence-electron chi connectivity index (χ3n) is 11.3. The van der Waals surface area contributed by atoms with Gasteiger partial charge in [0, 0.05) is 46.4 Å². The number of aliphatic hydroxyl groups is 2. The van der Waals surface area contributed by atoms with Crippen molar-refractivity contribution in [3.8, 4) is 0 Å². The Bertz CT molecular complexity index is 1470. The lowest BCUT2D eigenvalue weighted by Gasteiger charge is -2.72. The number of aliphatic hydroxyl groups excluding tert-OH is 1. The van der Waals surface area contributed by atoms with E-state index >= 15 is 4.79 Å². The molecule has 2 saturated carbocycles. The quantitative estimate of drug-likeness (QED) is 0.139. The van der Waals surface area contributed by atoms with Crippen LogP contribution in [0.25, 0.3) is 0 Å². The zero-order chi connectivity index (χ0) is 34.0. The molecule has 0 spiro atoms. The third kappa shape index (κ3) is 4.68. The van der Waals surface area contributed by atoms with Crippen LogP contribution >= 0.6 is 30.4 Å². The highest BCUT2D eigenvalue weighted by Gasteiger charge is 2.84. The van der Waals surface area contributed by atoms with E-state index in [1.54, 1.807) is 65.0 Å². The molecule has 1 aromatic carbocycles. The third-order valence-corrected chi connectivity index (χ3v) is 12.2. The molecule has 5 rings (SSSR count). The Kier molecular flexibility index (Phi) is 9.17. The molecule has 12 nitrogen and oxygen atoms in total. The monoisotopic (exact) mass is 774 g/mol. The number of ketones is 1. The Morgan fingerprint density at radius 3 is 2.28 bits per heavy atom. The maximum absolute atomic E-state index is 15.4. The minimum atomic E-state index is -2.15. The molecule has 14 heteroatoms. The molecule has 1 aliphatic heterocycles. The summed E-state index contributed by atoms with van der Waals surface area (Å²) in [5.74, 6) is -2.17. The van der Waals surface area contributed by atoms with E-state index in [9.17, 15) is 24.6 Å². The molecule has 46 heavy (non-hydrogen) atoms. The van der Waals surface area contributed by atoms with Crippen molar-refractivity contribution in [1.82, 2.24) is 0 Å². The SMILES string of the molecule is COC(=O)O[C@H]1C(=O)[C@]2(C)[C@@H](OSI)C[C@H]3OC[C@@]3(OC(C)=O)[C@@]2(C)[C@H](OC(=O)c2ccccc2)[C@]2(O)C[C@H](O)C(C)=C1C2(C)C. The van der Waals surface area contributed by atoms with E-state index in [1.807, 2.05) is 21.2 Å². The van der Waals surface area contributed by atoms with Crippen molar-refractivity contribution in [1.29, 1.82) is 0 Å². The van der Waals surface area contributed by atoms with Crippen molar-refractivity contribution in [2.24, 2.45) is 16.2 Å². The highest BCUT2D eigenvalue weighted by Crippen LogP contribution is 2.70. The van der Waals surface area contributed by atoms with Crippen LogP contribution in [-0.4, -0.2) is 89.5 Å². The number of halogens is 1. The van der Waals surface area contributed by atoms with Gasteiger partial charge in [0.1, 0.15) is 17.8 Å². The zero-order valence-corrected chi connectivity index (χ0v) is 29.6. The van der Waals surface area contributed by atoms with Crippen molar-refractivity contribution in [2.45, 2.75) is 96.1 Å². The minimum absolute atomic E-state index is 0.0773. The van der Waals surface area contributed by atoms with Gasteiger partial charge in [0.25, 0.3) is 0 Å². The Hall–Kier alpha value is -2.24. The lowest BCUT2D eigenvalue weighted by molar-refractivity contribution is -0.378. The molecule has 0 amide bonds. The minimum Gasteiger partial charge on any atom is -0.455 e. The van der Waals surface area contributed by atoms with E-state index in [0.29, 0.717) is 5.57 Å². The smallest absolute Gasteiger partial charge is 0.455 e. The molecular formula is C32H39IO12S. The lowest BCUT2D eigenvalue weighted by atomic mass is 9.38. The van der Waals surface area contributed by atoms with Crippen molar-refractivity contribution >= 4 is 54.3 Å². The van der Waals surface area contributed by atoms with Gasteiger partial charge >= 0.3 is 18.1 Å². The average molecular weight is 775 g/mol. The molecule has 1 aromatic rings. The van der Waals surface area contributed by atoms with Crippen molar-refractivity contribution < 1.29 is 57.3 Å². The van der Waals surface area contributed by atoms with Crippen LogP contribution in [-0.2, 0) is 37.5 Å². The summed E-state index contributed by atoms with van der Waals surface area (Å²) in [5.41, 5.74) is -8.23. The lowest BCUT2D eigenvalue weighted by Crippen LogP contribution is -2.86. The summed E-state index contributed by atoms with van der Waals surface area (Å²) in [4.78, 5) is 55.1. The summed E-state index contributed by atoms with van der Waals surface area (Å²) in [6.45, 7) is 9.11. The molecule has 1 heterocycles. The van der Waals surface area contributed by atoms with E-state index in [-0.39, 0.29) is 30.6 Å². The van der Waals surface area contributed by atoms with Crippen LogP contribution in [0.5, 0.6) is 0 Å². The van der Waals surface area contributed by atoms with Crippen LogP contribution in [0.15, 0.2) is 41.5 Å². The topological polar surface area (TPSA) is 164 Å². The van der Waals surface area contributed by atoms with Crippen LogP contribution in [0.3, 0.4) is 0 Å². The first-order valence-electron chi connectivity index (χ1n) is 14.9. The van der Waals surface area contributed by atoms with Crippen LogP contribution in [0, 0.1) is 16.2 Å². The second-order valence-corrected chi connectivity index (χ2v) is 14.8. The first kappa shape index (κ1) is 35.1. The number of methoxy groups -OCH3 is 1. The van der Waals surface area contributed by atoms with E-state index in [1.165, 1.54) is 6.92 Å². The van der Waals surface area contributed by atoms with Gasteiger partial charge in [0.05, 0.1) is 51.5 Å². The van der Waals surface area contributed by atoms with Crippen LogP contribution in [0.1, 0.15) is 64.7 Å². The number of benzene rings is 1. The first-order chi connectivity index (χ1) is 21.5. The van der Waals surface area contributed by atoms with Gasteiger partial charge in [-0.25, -0.2) is 9.59 Å². The fraction of sp³-hybridized carbons (Fsp3) is 0.625. The zero-order valence-electron chi connectivity index (χ0n) is 26.7. The standard InChI is InChI=1S/C32H39IO12S/c1-16-19(35)14-31(39)26(43-25(37)18-11-9-8-10-12-18)30(6)29(5,24(36)23(42-27(38)40-7)22(16)28(31,3)4)20(45-46-33)13-21-32(30,15-41-21)44-17(2)34/h8-12,19-21,23,26,35,39H,13-15H2,1-7H3/t19-,20-,21+,23+,26-,29-,30-,31+,32-/m0/s1. The molecule has 2 bridgehead atoms. The molecule has 0 radical (unpaired) electrons. The second kappa shape index (κ2) is 12.0. The molecule has 0 unspecified atom stereocenters.